The lowest BCUT2D eigenvalue weighted by molar-refractivity contribution is -0.149. The highest BCUT2D eigenvalue weighted by Gasteiger charge is 2.43. The molecule has 178 valence electrons. The summed E-state index contributed by atoms with van der Waals surface area (Å²) in [6.07, 6.45) is -1.74. The topological polar surface area (TPSA) is 131 Å². The van der Waals surface area contributed by atoms with Gasteiger partial charge in [-0.05, 0) is 45.4 Å². The Kier molecular flexibility index (Phi) is 7.95. The largest absolute Gasteiger partial charge is 0.508 e. The molecule has 0 spiro atoms. The van der Waals surface area contributed by atoms with Crippen molar-refractivity contribution in [1.29, 1.82) is 0 Å². The molecule has 2 rings (SSSR count). The van der Waals surface area contributed by atoms with Crippen molar-refractivity contribution < 1.29 is 34.4 Å². The number of ether oxygens (including phenoxy) is 1. The number of carboxylic acid groups (broad SMARTS) is 2. The van der Waals surface area contributed by atoms with Crippen LogP contribution in [0.1, 0.15) is 33.3 Å². The fraction of sp³-hybridized carbons (Fsp3) is 0.591. The summed E-state index contributed by atoms with van der Waals surface area (Å²) in [7, 11) is 0. The third kappa shape index (κ3) is 6.74. The molecule has 0 saturated carbocycles. The van der Waals surface area contributed by atoms with Crippen LogP contribution in [0.5, 0.6) is 5.75 Å². The van der Waals surface area contributed by atoms with Crippen molar-refractivity contribution >= 4 is 18.2 Å². The number of rotatable bonds is 7. The summed E-state index contributed by atoms with van der Waals surface area (Å²) in [6.45, 7) is 9.12. The second-order valence-electron chi connectivity index (χ2n) is 9.17. The van der Waals surface area contributed by atoms with E-state index in [-0.39, 0.29) is 24.8 Å². The monoisotopic (exact) mass is 451 g/mol. The number of hydrogen-bond acceptors (Lipinski definition) is 6. The van der Waals surface area contributed by atoms with Crippen LogP contribution < -0.4 is 0 Å². The maximum atomic E-state index is 12.2. The van der Waals surface area contributed by atoms with E-state index >= 15 is 0 Å². The lowest BCUT2D eigenvalue weighted by atomic mass is 9.91. The molecule has 0 aliphatic carbocycles. The highest BCUT2D eigenvalue weighted by molar-refractivity contribution is 5.84. The molecule has 1 aliphatic heterocycles. The molecule has 32 heavy (non-hydrogen) atoms. The van der Waals surface area contributed by atoms with Crippen LogP contribution in [0, 0.1) is 0 Å². The number of hydrogen-bond donors (Lipinski definition) is 3. The molecular weight excluding hydrogens is 418 g/mol. The third-order valence-electron chi connectivity index (χ3n) is 5.44. The van der Waals surface area contributed by atoms with E-state index in [1.54, 1.807) is 37.8 Å². The van der Waals surface area contributed by atoms with Gasteiger partial charge in [-0.25, -0.2) is 14.4 Å². The van der Waals surface area contributed by atoms with E-state index in [1.807, 2.05) is 4.90 Å². The standard InChI is InChI=1S/C22H33N3O7/c1-21(2,3)32-20(31)24-12-9-23(10-13-24)11-14-25(19(29)30)22(4,18(27)28)15-16-5-7-17(26)8-6-16/h5-8,26H,9-15H2,1-4H3,(H,27,28)(H,29,30)/t22-/m0/s1. The smallest absolute Gasteiger partial charge is 0.410 e. The quantitative estimate of drug-likeness (QED) is 0.576. The van der Waals surface area contributed by atoms with Gasteiger partial charge in [-0.3, -0.25) is 9.80 Å². The minimum atomic E-state index is -1.68. The normalized spacial score (nSPS) is 16.8. The molecule has 1 fully saturated rings. The number of piperazine rings is 1. The van der Waals surface area contributed by atoms with Crippen LogP contribution in [0.3, 0.4) is 0 Å². The van der Waals surface area contributed by atoms with Gasteiger partial charge in [-0.15, -0.1) is 0 Å². The van der Waals surface area contributed by atoms with Gasteiger partial charge in [0.15, 0.2) is 0 Å². The number of carbonyl (C=O) groups is 3. The van der Waals surface area contributed by atoms with E-state index < -0.39 is 23.2 Å². The molecule has 1 atom stereocenters. The molecule has 3 N–H and O–H groups in total. The van der Waals surface area contributed by atoms with Gasteiger partial charge in [0.05, 0.1) is 0 Å². The first kappa shape index (κ1) is 25.3. The summed E-state index contributed by atoms with van der Waals surface area (Å²) in [5.74, 6) is -1.20. The molecule has 0 bridgehead atoms. The van der Waals surface area contributed by atoms with E-state index in [0.29, 0.717) is 38.3 Å². The summed E-state index contributed by atoms with van der Waals surface area (Å²) in [6, 6.07) is 6.03. The molecule has 1 heterocycles. The van der Waals surface area contributed by atoms with Crippen LogP contribution in [0.2, 0.25) is 0 Å². The van der Waals surface area contributed by atoms with Crippen LogP contribution in [0.15, 0.2) is 24.3 Å². The number of carboxylic acids is 1. The number of nitrogens with zero attached hydrogens (tertiary/aromatic N) is 3. The van der Waals surface area contributed by atoms with Crippen LogP contribution >= 0.6 is 0 Å². The number of carbonyl (C=O) groups excluding carboxylic acids is 1. The van der Waals surface area contributed by atoms with Crippen molar-refractivity contribution in [3.8, 4) is 5.75 Å². The van der Waals surface area contributed by atoms with E-state index in [2.05, 4.69) is 0 Å². The van der Waals surface area contributed by atoms with Crippen molar-refractivity contribution in [2.75, 3.05) is 39.3 Å². The first-order valence-electron chi connectivity index (χ1n) is 10.5. The Bertz CT molecular complexity index is 814. The van der Waals surface area contributed by atoms with Crippen LogP contribution in [-0.2, 0) is 16.0 Å². The maximum absolute atomic E-state index is 12.2. The fourth-order valence-electron chi connectivity index (χ4n) is 3.57. The van der Waals surface area contributed by atoms with Crippen molar-refractivity contribution in [3.05, 3.63) is 29.8 Å². The van der Waals surface area contributed by atoms with E-state index in [4.69, 9.17) is 4.74 Å². The highest BCUT2D eigenvalue weighted by atomic mass is 16.6. The summed E-state index contributed by atoms with van der Waals surface area (Å²) >= 11 is 0. The van der Waals surface area contributed by atoms with Crippen molar-refractivity contribution in [3.63, 3.8) is 0 Å². The van der Waals surface area contributed by atoms with Crippen molar-refractivity contribution in [1.82, 2.24) is 14.7 Å². The molecule has 1 saturated heterocycles. The average molecular weight is 452 g/mol. The van der Waals surface area contributed by atoms with Gasteiger partial charge < -0.3 is 25.0 Å². The second kappa shape index (κ2) is 10.1. The number of aliphatic carboxylic acids is 1. The Morgan fingerprint density at radius 1 is 1.00 bits per heavy atom. The summed E-state index contributed by atoms with van der Waals surface area (Å²) in [4.78, 5) is 40.8. The summed E-state index contributed by atoms with van der Waals surface area (Å²) < 4.78 is 5.38. The molecule has 10 heteroatoms. The first-order valence-corrected chi connectivity index (χ1v) is 10.5. The minimum absolute atomic E-state index is 0.00263. The zero-order chi connectivity index (χ0) is 24.1. The number of phenols is 1. The fourth-order valence-corrected chi connectivity index (χ4v) is 3.57. The summed E-state index contributed by atoms with van der Waals surface area (Å²) in [5, 5.41) is 29.1. The van der Waals surface area contributed by atoms with Gasteiger partial charge >= 0.3 is 18.2 Å². The lowest BCUT2D eigenvalue weighted by Gasteiger charge is -2.39. The van der Waals surface area contributed by atoms with Gasteiger partial charge in [0.1, 0.15) is 16.9 Å². The van der Waals surface area contributed by atoms with Gasteiger partial charge in [0.25, 0.3) is 0 Å². The molecule has 2 amide bonds. The molecule has 1 aromatic rings. The summed E-state index contributed by atoms with van der Waals surface area (Å²) in [5.41, 5.74) is -1.65. The van der Waals surface area contributed by atoms with Gasteiger partial charge in [0, 0.05) is 45.7 Å². The van der Waals surface area contributed by atoms with Crippen LogP contribution in [-0.4, -0.2) is 98.6 Å². The first-order chi connectivity index (χ1) is 14.8. The Morgan fingerprint density at radius 3 is 2.03 bits per heavy atom. The number of phenolic OH excluding ortho intramolecular Hbond substituents is 1. The molecule has 1 aliphatic rings. The number of aromatic hydroxyl groups is 1. The third-order valence-corrected chi connectivity index (χ3v) is 5.44. The Morgan fingerprint density at radius 2 is 1.56 bits per heavy atom. The maximum Gasteiger partial charge on any atom is 0.410 e. The van der Waals surface area contributed by atoms with Crippen LogP contribution in [0.25, 0.3) is 0 Å². The van der Waals surface area contributed by atoms with Gasteiger partial charge in [-0.1, -0.05) is 12.1 Å². The highest BCUT2D eigenvalue weighted by Crippen LogP contribution is 2.24. The molecule has 0 unspecified atom stereocenters. The van der Waals surface area contributed by atoms with E-state index in [1.165, 1.54) is 19.1 Å². The Hall–Kier alpha value is -3.01. The number of amides is 2. The van der Waals surface area contributed by atoms with Crippen LogP contribution in [0.4, 0.5) is 9.59 Å². The predicted molar refractivity (Wildman–Crippen MR) is 117 cm³/mol. The molecule has 0 aromatic heterocycles. The second-order valence-corrected chi connectivity index (χ2v) is 9.17. The molecule has 1 aromatic carbocycles. The van der Waals surface area contributed by atoms with E-state index in [0.717, 1.165) is 4.90 Å². The van der Waals surface area contributed by atoms with Gasteiger partial charge in [0.2, 0.25) is 0 Å². The zero-order valence-corrected chi connectivity index (χ0v) is 19.1. The minimum Gasteiger partial charge on any atom is -0.508 e. The molecular formula is C22H33N3O7. The predicted octanol–water partition coefficient (Wildman–Crippen LogP) is 2.31. The average Bonchev–Trinajstić information content (AvgIpc) is 2.68. The zero-order valence-electron chi connectivity index (χ0n) is 19.1. The SMILES string of the molecule is CC(C)(C)OC(=O)N1CCN(CCN(C(=O)O)[C@@](C)(Cc2ccc(O)cc2)C(=O)O)CC1. The van der Waals surface area contributed by atoms with Crippen molar-refractivity contribution in [2.24, 2.45) is 0 Å². The molecule has 10 nitrogen and oxygen atoms in total. The van der Waals surface area contributed by atoms with E-state index in [9.17, 15) is 29.7 Å². The Balaban J connectivity index is 2.00. The lowest BCUT2D eigenvalue weighted by Crippen LogP contribution is -2.59. The van der Waals surface area contributed by atoms with Gasteiger partial charge in [-0.2, -0.15) is 0 Å². The number of benzene rings is 1. The Labute approximate surface area is 188 Å². The molecule has 0 radical (unpaired) electrons. The van der Waals surface area contributed by atoms with Crippen molar-refractivity contribution in [2.45, 2.75) is 45.3 Å².